The molecule has 1 aromatic carbocycles. The zero-order valence-electron chi connectivity index (χ0n) is 11.8. The summed E-state index contributed by atoms with van der Waals surface area (Å²) >= 11 is 4.13. The minimum absolute atomic E-state index is 0.0124. The van der Waals surface area contributed by atoms with Crippen LogP contribution in [-0.4, -0.2) is 40.1 Å². The van der Waals surface area contributed by atoms with Gasteiger partial charge in [-0.25, -0.2) is 9.02 Å². The Labute approximate surface area is 143 Å². The third-order valence-electron chi connectivity index (χ3n) is 2.76. The van der Waals surface area contributed by atoms with Gasteiger partial charge >= 0.3 is 5.97 Å². The summed E-state index contributed by atoms with van der Waals surface area (Å²) in [6.07, 6.45) is 0.176. The van der Waals surface area contributed by atoms with Gasteiger partial charge in [0.25, 0.3) is 0 Å². The molecule has 0 unspecified atom stereocenters. The van der Waals surface area contributed by atoms with Gasteiger partial charge < -0.3 is 9.94 Å². The van der Waals surface area contributed by atoms with Crippen LogP contribution in [0.4, 0.5) is 4.39 Å². The highest BCUT2D eigenvalue weighted by molar-refractivity contribution is 9.10. The van der Waals surface area contributed by atoms with Crippen molar-refractivity contribution in [1.82, 2.24) is 10.3 Å². The number of aromatic nitrogens is 2. The highest BCUT2D eigenvalue weighted by Crippen LogP contribution is 2.22. The standard InChI is InChI=1S/C13H11BrFN3O4S/c1-21-11(19)6-23-13-12(17-22-18-13)10(16-20)5-7-2-3-9(15)8(14)4-7/h2-4,20H,5-6H2,1H3/b16-10+. The van der Waals surface area contributed by atoms with Crippen molar-refractivity contribution in [3.63, 3.8) is 0 Å². The van der Waals surface area contributed by atoms with Crippen LogP contribution in [0.1, 0.15) is 11.3 Å². The van der Waals surface area contributed by atoms with E-state index in [4.69, 9.17) is 0 Å². The minimum Gasteiger partial charge on any atom is -0.468 e. The maximum Gasteiger partial charge on any atom is 0.316 e. The zero-order chi connectivity index (χ0) is 16.8. The average molecular weight is 404 g/mol. The van der Waals surface area contributed by atoms with Crippen molar-refractivity contribution in [1.29, 1.82) is 0 Å². The lowest BCUT2D eigenvalue weighted by Crippen LogP contribution is -2.09. The van der Waals surface area contributed by atoms with Crippen molar-refractivity contribution in [2.75, 3.05) is 12.9 Å². The van der Waals surface area contributed by atoms with E-state index in [1.54, 1.807) is 12.1 Å². The summed E-state index contributed by atoms with van der Waals surface area (Å²) in [5.74, 6) is -0.819. The molecule has 7 nitrogen and oxygen atoms in total. The number of carbonyl (C=O) groups excluding carboxylic acids is 1. The molecule has 0 spiro atoms. The van der Waals surface area contributed by atoms with Crippen LogP contribution in [0, 0.1) is 5.82 Å². The van der Waals surface area contributed by atoms with Gasteiger partial charge in [0.15, 0.2) is 10.7 Å². The third-order valence-corrected chi connectivity index (χ3v) is 4.29. The molecule has 2 rings (SSSR count). The Morgan fingerprint density at radius 3 is 2.96 bits per heavy atom. The average Bonchev–Trinajstić information content (AvgIpc) is 3.01. The van der Waals surface area contributed by atoms with Gasteiger partial charge in [0.2, 0.25) is 0 Å². The summed E-state index contributed by atoms with van der Waals surface area (Å²) in [4.78, 5) is 11.2. The van der Waals surface area contributed by atoms with Crippen molar-refractivity contribution in [3.8, 4) is 0 Å². The normalized spacial score (nSPS) is 11.5. The van der Waals surface area contributed by atoms with Crippen LogP contribution in [0.2, 0.25) is 0 Å². The van der Waals surface area contributed by atoms with E-state index in [9.17, 15) is 14.4 Å². The maximum absolute atomic E-state index is 13.3. The third kappa shape index (κ3) is 4.52. The Morgan fingerprint density at radius 1 is 1.52 bits per heavy atom. The molecule has 10 heteroatoms. The predicted molar refractivity (Wildman–Crippen MR) is 83.2 cm³/mol. The topological polar surface area (TPSA) is 97.8 Å². The first-order valence-corrected chi connectivity index (χ1v) is 8.00. The molecule has 0 atom stereocenters. The number of halogens is 2. The number of nitrogens with zero attached hydrogens (tertiary/aromatic N) is 3. The Kier molecular flexibility index (Phi) is 6.11. The molecule has 122 valence electrons. The van der Waals surface area contributed by atoms with E-state index in [1.165, 1.54) is 13.2 Å². The molecule has 1 aromatic heterocycles. The van der Waals surface area contributed by atoms with Gasteiger partial charge in [-0.3, -0.25) is 4.79 Å². The van der Waals surface area contributed by atoms with Gasteiger partial charge in [0.1, 0.15) is 11.5 Å². The summed E-state index contributed by atoms with van der Waals surface area (Å²) in [5.41, 5.74) is 1.08. The van der Waals surface area contributed by atoms with Gasteiger partial charge in [-0.1, -0.05) is 23.0 Å². The number of esters is 1. The lowest BCUT2D eigenvalue weighted by atomic mass is 10.1. The van der Waals surface area contributed by atoms with Crippen molar-refractivity contribution in [2.45, 2.75) is 11.4 Å². The molecular weight excluding hydrogens is 393 g/mol. The number of methoxy groups -OCH3 is 1. The molecule has 0 saturated heterocycles. The number of ether oxygens (including phenoxy) is 1. The quantitative estimate of drug-likeness (QED) is 0.260. The number of hydrogen-bond acceptors (Lipinski definition) is 8. The lowest BCUT2D eigenvalue weighted by Gasteiger charge is -2.04. The maximum atomic E-state index is 13.3. The van der Waals surface area contributed by atoms with Crippen LogP contribution in [-0.2, 0) is 16.0 Å². The molecule has 2 aromatic rings. The van der Waals surface area contributed by atoms with E-state index in [0.29, 0.717) is 15.1 Å². The summed E-state index contributed by atoms with van der Waals surface area (Å²) in [6.45, 7) is 0. The van der Waals surface area contributed by atoms with Crippen LogP contribution >= 0.6 is 27.7 Å². The Morgan fingerprint density at radius 2 is 2.30 bits per heavy atom. The number of hydrogen-bond donors (Lipinski definition) is 1. The minimum atomic E-state index is -0.436. The first kappa shape index (κ1) is 17.4. The lowest BCUT2D eigenvalue weighted by molar-refractivity contribution is -0.137. The second kappa shape index (κ2) is 8.06. The molecule has 23 heavy (non-hydrogen) atoms. The molecule has 0 fully saturated rings. The molecule has 1 N–H and O–H groups in total. The summed E-state index contributed by atoms with van der Waals surface area (Å²) in [6, 6.07) is 4.41. The van der Waals surface area contributed by atoms with Crippen LogP contribution in [0.15, 0.2) is 37.5 Å². The van der Waals surface area contributed by atoms with Gasteiger partial charge in [0.05, 0.1) is 17.3 Å². The van der Waals surface area contributed by atoms with Crippen molar-refractivity contribution < 1.29 is 23.8 Å². The van der Waals surface area contributed by atoms with E-state index in [0.717, 1.165) is 11.8 Å². The zero-order valence-corrected chi connectivity index (χ0v) is 14.2. The number of benzene rings is 1. The number of oxime groups is 1. The first-order chi connectivity index (χ1) is 11.0. The summed E-state index contributed by atoms with van der Waals surface area (Å²) in [5, 5.41) is 20.1. The molecule has 0 saturated carbocycles. The smallest absolute Gasteiger partial charge is 0.316 e. The predicted octanol–water partition coefficient (Wildman–Crippen LogP) is 2.66. The molecular formula is C13H11BrFN3O4S. The Balaban J connectivity index is 2.17. The second-order valence-electron chi connectivity index (χ2n) is 4.25. The summed E-state index contributed by atoms with van der Waals surface area (Å²) < 4.78 is 22.7. The van der Waals surface area contributed by atoms with Gasteiger partial charge in [-0.15, -0.1) is 0 Å². The molecule has 0 radical (unpaired) electrons. The fourth-order valence-corrected chi connectivity index (χ4v) is 2.82. The van der Waals surface area contributed by atoms with Crippen molar-refractivity contribution in [2.24, 2.45) is 5.16 Å². The van der Waals surface area contributed by atoms with Gasteiger partial charge in [-0.05, 0) is 43.9 Å². The van der Waals surface area contributed by atoms with Gasteiger partial charge in [0, 0.05) is 6.42 Å². The molecule has 0 amide bonds. The van der Waals surface area contributed by atoms with E-state index >= 15 is 0 Å². The van der Waals surface area contributed by atoms with E-state index in [2.05, 4.69) is 40.8 Å². The highest BCUT2D eigenvalue weighted by Gasteiger charge is 2.19. The Bertz CT molecular complexity index is 738. The fourth-order valence-electron chi connectivity index (χ4n) is 1.65. The van der Waals surface area contributed by atoms with E-state index < -0.39 is 11.8 Å². The number of carbonyl (C=O) groups is 1. The van der Waals surface area contributed by atoms with Crippen molar-refractivity contribution in [3.05, 3.63) is 39.7 Å². The van der Waals surface area contributed by atoms with Crippen molar-refractivity contribution >= 4 is 39.4 Å². The summed E-state index contributed by atoms with van der Waals surface area (Å²) in [7, 11) is 1.28. The van der Waals surface area contributed by atoms with Crippen LogP contribution in [0.25, 0.3) is 0 Å². The van der Waals surface area contributed by atoms with Crippen LogP contribution in [0.5, 0.6) is 0 Å². The highest BCUT2D eigenvalue weighted by atomic mass is 79.9. The van der Waals surface area contributed by atoms with E-state index in [-0.39, 0.29) is 23.6 Å². The first-order valence-electron chi connectivity index (χ1n) is 6.22. The van der Waals surface area contributed by atoms with Gasteiger partial charge in [-0.2, -0.15) is 0 Å². The molecule has 0 aliphatic rings. The molecule has 0 aliphatic heterocycles. The second-order valence-corrected chi connectivity index (χ2v) is 6.07. The van der Waals surface area contributed by atoms with Crippen LogP contribution in [0.3, 0.4) is 0 Å². The molecule has 0 bridgehead atoms. The number of thioether (sulfide) groups is 1. The van der Waals surface area contributed by atoms with Crippen LogP contribution < -0.4 is 0 Å². The SMILES string of the molecule is COC(=O)CSc1nonc1/C(Cc1ccc(F)c(Br)c1)=N/O. The largest absolute Gasteiger partial charge is 0.468 e. The fraction of sp³-hybridized carbons (Fsp3) is 0.231. The molecule has 1 heterocycles. The number of rotatable bonds is 6. The molecule has 0 aliphatic carbocycles. The van der Waals surface area contributed by atoms with E-state index in [1.807, 2.05) is 0 Å². The monoisotopic (exact) mass is 403 g/mol. The Hall–Kier alpha value is -1.94.